The Hall–Kier alpha value is -0.510. The van der Waals surface area contributed by atoms with Crippen LogP contribution in [0.3, 0.4) is 0 Å². The average Bonchev–Trinajstić information content (AvgIpc) is 2.03. The molecule has 1 heteroatoms. The van der Waals surface area contributed by atoms with E-state index in [9.17, 15) is 0 Å². The Labute approximate surface area is 69.4 Å². The van der Waals surface area contributed by atoms with Gasteiger partial charge in [-0.3, -0.25) is 0 Å². The highest BCUT2D eigenvalue weighted by molar-refractivity contribution is 4.87. The number of nitrogens with zero attached hydrogens (tertiary/aromatic N) is 1. The lowest BCUT2D eigenvalue weighted by atomic mass is 9.77. The summed E-state index contributed by atoms with van der Waals surface area (Å²) in [7, 11) is 0. The van der Waals surface area contributed by atoms with E-state index < -0.39 is 0 Å². The highest BCUT2D eigenvalue weighted by Gasteiger charge is 2.23. The van der Waals surface area contributed by atoms with Crippen molar-refractivity contribution in [1.29, 1.82) is 5.26 Å². The molecule has 11 heavy (non-hydrogen) atoms. The fourth-order valence-electron chi connectivity index (χ4n) is 2.04. The fourth-order valence-corrected chi connectivity index (χ4v) is 2.04. The number of hydrogen-bond acceptors (Lipinski definition) is 1. The molecule has 0 aliphatic heterocycles. The molecule has 1 aliphatic carbocycles. The molecule has 0 saturated heterocycles. The van der Waals surface area contributed by atoms with E-state index in [1.807, 2.05) is 0 Å². The molecule has 3 unspecified atom stereocenters. The van der Waals surface area contributed by atoms with Crippen molar-refractivity contribution in [2.75, 3.05) is 0 Å². The van der Waals surface area contributed by atoms with Crippen molar-refractivity contribution in [1.82, 2.24) is 0 Å². The van der Waals surface area contributed by atoms with Gasteiger partial charge in [-0.15, -0.1) is 0 Å². The Kier molecular flexibility index (Phi) is 2.93. The zero-order chi connectivity index (χ0) is 8.27. The van der Waals surface area contributed by atoms with Crippen LogP contribution in [0, 0.1) is 29.1 Å². The Balaban J connectivity index is 2.40. The van der Waals surface area contributed by atoms with Gasteiger partial charge >= 0.3 is 0 Å². The quantitative estimate of drug-likeness (QED) is 0.565. The molecule has 1 aliphatic rings. The molecular weight excluding hydrogens is 134 g/mol. The SMILES string of the molecule is CC1CCCC(C(C)C#N)C1. The molecule has 3 atom stereocenters. The third-order valence-electron chi connectivity index (χ3n) is 2.89. The molecule has 62 valence electrons. The molecule has 0 aromatic carbocycles. The second kappa shape index (κ2) is 3.76. The van der Waals surface area contributed by atoms with Crippen LogP contribution in [-0.4, -0.2) is 0 Å². The monoisotopic (exact) mass is 151 g/mol. The summed E-state index contributed by atoms with van der Waals surface area (Å²) in [6.07, 6.45) is 5.25. The zero-order valence-corrected chi connectivity index (χ0v) is 7.51. The van der Waals surface area contributed by atoms with E-state index in [0.29, 0.717) is 5.92 Å². The molecule has 1 nitrogen and oxygen atoms in total. The predicted molar refractivity (Wildman–Crippen MR) is 45.9 cm³/mol. The first-order valence-electron chi connectivity index (χ1n) is 4.63. The lowest BCUT2D eigenvalue weighted by molar-refractivity contribution is 0.244. The van der Waals surface area contributed by atoms with Gasteiger partial charge in [-0.2, -0.15) is 5.26 Å². The van der Waals surface area contributed by atoms with Gasteiger partial charge in [-0.25, -0.2) is 0 Å². The Morgan fingerprint density at radius 1 is 1.45 bits per heavy atom. The minimum atomic E-state index is 0.276. The largest absolute Gasteiger partial charge is 0.198 e. The van der Waals surface area contributed by atoms with Crippen LogP contribution in [0.15, 0.2) is 0 Å². The van der Waals surface area contributed by atoms with E-state index in [2.05, 4.69) is 19.9 Å². The molecule has 0 aromatic heterocycles. The van der Waals surface area contributed by atoms with Gasteiger partial charge in [0.05, 0.1) is 6.07 Å². The van der Waals surface area contributed by atoms with E-state index in [0.717, 1.165) is 5.92 Å². The van der Waals surface area contributed by atoms with Crippen LogP contribution in [0.25, 0.3) is 0 Å². The van der Waals surface area contributed by atoms with Crippen molar-refractivity contribution >= 4 is 0 Å². The van der Waals surface area contributed by atoms with Gasteiger partial charge in [0.15, 0.2) is 0 Å². The van der Waals surface area contributed by atoms with E-state index >= 15 is 0 Å². The minimum Gasteiger partial charge on any atom is -0.198 e. The summed E-state index contributed by atoms with van der Waals surface area (Å²) in [5, 5.41) is 8.72. The van der Waals surface area contributed by atoms with Gasteiger partial charge in [0.1, 0.15) is 0 Å². The van der Waals surface area contributed by atoms with Gasteiger partial charge in [-0.05, 0) is 31.6 Å². The Morgan fingerprint density at radius 2 is 2.18 bits per heavy atom. The molecule has 0 bridgehead atoms. The number of nitriles is 1. The Bertz CT molecular complexity index is 157. The first-order valence-corrected chi connectivity index (χ1v) is 4.63. The van der Waals surface area contributed by atoms with Gasteiger partial charge in [0.25, 0.3) is 0 Å². The summed E-state index contributed by atoms with van der Waals surface area (Å²) in [6, 6.07) is 2.36. The molecule has 0 spiro atoms. The van der Waals surface area contributed by atoms with Crippen molar-refractivity contribution in [2.24, 2.45) is 17.8 Å². The maximum atomic E-state index is 8.72. The first-order chi connectivity index (χ1) is 5.24. The zero-order valence-electron chi connectivity index (χ0n) is 7.51. The smallest absolute Gasteiger partial charge is 0.0655 e. The van der Waals surface area contributed by atoms with Crippen molar-refractivity contribution < 1.29 is 0 Å². The van der Waals surface area contributed by atoms with Gasteiger partial charge in [0, 0.05) is 5.92 Å². The summed E-state index contributed by atoms with van der Waals surface area (Å²) in [4.78, 5) is 0. The van der Waals surface area contributed by atoms with Gasteiger partial charge < -0.3 is 0 Å². The summed E-state index contributed by atoms with van der Waals surface area (Å²) >= 11 is 0. The van der Waals surface area contributed by atoms with Crippen LogP contribution in [0.2, 0.25) is 0 Å². The molecule has 0 aromatic rings. The maximum absolute atomic E-state index is 8.72. The molecule has 0 radical (unpaired) electrons. The third-order valence-corrected chi connectivity index (χ3v) is 2.89. The highest BCUT2D eigenvalue weighted by Crippen LogP contribution is 2.32. The standard InChI is InChI=1S/C10H17N/c1-8-4-3-5-10(6-8)9(2)7-11/h8-10H,3-6H2,1-2H3. The number of hydrogen-bond donors (Lipinski definition) is 0. The molecule has 0 amide bonds. The molecule has 1 rings (SSSR count). The summed E-state index contributed by atoms with van der Waals surface area (Å²) in [5.41, 5.74) is 0. The molecular formula is C10H17N. The third kappa shape index (κ3) is 2.22. The van der Waals surface area contributed by atoms with Crippen LogP contribution in [0.1, 0.15) is 39.5 Å². The second-order valence-corrected chi connectivity index (χ2v) is 3.95. The molecule has 0 N–H and O–H groups in total. The number of rotatable bonds is 1. The maximum Gasteiger partial charge on any atom is 0.0655 e. The van der Waals surface area contributed by atoms with Crippen LogP contribution in [0.4, 0.5) is 0 Å². The fraction of sp³-hybridized carbons (Fsp3) is 0.900. The van der Waals surface area contributed by atoms with Crippen molar-refractivity contribution in [3.8, 4) is 6.07 Å². The van der Waals surface area contributed by atoms with E-state index in [4.69, 9.17) is 5.26 Å². The lowest BCUT2D eigenvalue weighted by Crippen LogP contribution is -2.18. The summed E-state index contributed by atoms with van der Waals surface area (Å²) in [6.45, 7) is 4.36. The summed E-state index contributed by atoms with van der Waals surface area (Å²) < 4.78 is 0. The molecule has 1 fully saturated rings. The second-order valence-electron chi connectivity index (χ2n) is 3.95. The van der Waals surface area contributed by atoms with Crippen molar-refractivity contribution in [2.45, 2.75) is 39.5 Å². The van der Waals surface area contributed by atoms with E-state index in [-0.39, 0.29) is 5.92 Å². The predicted octanol–water partition coefficient (Wildman–Crippen LogP) is 2.97. The minimum absolute atomic E-state index is 0.276. The first kappa shape index (κ1) is 8.59. The van der Waals surface area contributed by atoms with Gasteiger partial charge in [-0.1, -0.05) is 19.8 Å². The van der Waals surface area contributed by atoms with E-state index in [1.165, 1.54) is 25.7 Å². The normalized spacial score (nSPS) is 34.3. The van der Waals surface area contributed by atoms with E-state index in [1.54, 1.807) is 0 Å². The van der Waals surface area contributed by atoms with Crippen LogP contribution >= 0.6 is 0 Å². The molecule has 0 heterocycles. The highest BCUT2D eigenvalue weighted by atomic mass is 14.3. The molecule has 1 saturated carbocycles. The topological polar surface area (TPSA) is 23.8 Å². The van der Waals surface area contributed by atoms with Crippen LogP contribution in [-0.2, 0) is 0 Å². The van der Waals surface area contributed by atoms with Crippen molar-refractivity contribution in [3.05, 3.63) is 0 Å². The summed E-state index contributed by atoms with van der Waals surface area (Å²) in [5.74, 6) is 1.81. The Morgan fingerprint density at radius 3 is 2.73 bits per heavy atom. The van der Waals surface area contributed by atoms with Crippen LogP contribution < -0.4 is 0 Å². The van der Waals surface area contributed by atoms with Crippen LogP contribution in [0.5, 0.6) is 0 Å². The van der Waals surface area contributed by atoms with Crippen molar-refractivity contribution in [3.63, 3.8) is 0 Å². The lowest BCUT2D eigenvalue weighted by Gasteiger charge is -2.27. The average molecular weight is 151 g/mol. The van der Waals surface area contributed by atoms with Gasteiger partial charge in [0.2, 0.25) is 0 Å².